The molecule has 0 fully saturated rings. The van der Waals surface area contributed by atoms with Crippen LogP contribution in [0.15, 0.2) is 53.5 Å². The number of hydrogen-bond donors (Lipinski definition) is 1. The number of nitrogens with zero attached hydrogens (tertiary/aromatic N) is 2. The molecule has 6 heteroatoms. The van der Waals surface area contributed by atoms with Gasteiger partial charge in [0.15, 0.2) is 5.92 Å². The van der Waals surface area contributed by atoms with Crippen molar-refractivity contribution in [3.05, 3.63) is 70.8 Å². The number of hydrogen-bond acceptors (Lipinski definition) is 5. The first-order valence-electron chi connectivity index (χ1n) is 10.0. The lowest BCUT2D eigenvalue weighted by atomic mass is 9.89. The zero-order chi connectivity index (χ0) is 20.4. The van der Waals surface area contributed by atoms with Gasteiger partial charge in [-0.25, -0.2) is 4.99 Å². The number of aliphatic imine (C=N–C) groups is 1. The summed E-state index contributed by atoms with van der Waals surface area (Å²) in [6.45, 7) is 5.38. The average Bonchev–Trinajstić information content (AvgIpc) is 2.73. The summed E-state index contributed by atoms with van der Waals surface area (Å²) in [4.78, 5) is 32.5. The Morgan fingerprint density at radius 2 is 1.90 bits per heavy atom. The zero-order valence-corrected chi connectivity index (χ0v) is 16.7. The summed E-state index contributed by atoms with van der Waals surface area (Å²) >= 11 is 0. The second-order valence-corrected chi connectivity index (χ2v) is 7.41. The molecule has 0 aliphatic carbocycles. The maximum atomic E-state index is 13.0. The largest absolute Gasteiger partial charge is 0.465 e. The third-order valence-electron chi connectivity index (χ3n) is 5.57. The van der Waals surface area contributed by atoms with E-state index in [1.807, 2.05) is 43.3 Å². The Balaban J connectivity index is 1.70. The summed E-state index contributed by atoms with van der Waals surface area (Å²) in [7, 11) is 0. The molecule has 0 aromatic heterocycles. The van der Waals surface area contributed by atoms with Crippen LogP contribution >= 0.6 is 0 Å². The molecule has 2 atom stereocenters. The van der Waals surface area contributed by atoms with Crippen LogP contribution in [-0.4, -0.2) is 35.9 Å². The van der Waals surface area contributed by atoms with Crippen LogP contribution in [0.3, 0.4) is 0 Å². The summed E-state index contributed by atoms with van der Waals surface area (Å²) < 4.78 is 5.19. The molecule has 2 aromatic rings. The number of esters is 1. The lowest BCUT2D eigenvalue weighted by Crippen LogP contribution is -2.53. The van der Waals surface area contributed by atoms with E-state index < -0.39 is 17.9 Å². The van der Waals surface area contributed by atoms with Crippen molar-refractivity contribution in [2.24, 2.45) is 10.9 Å². The molecule has 0 spiro atoms. The molecule has 2 aliphatic heterocycles. The topological polar surface area (TPSA) is 71.0 Å². The van der Waals surface area contributed by atoms with E-state index in [0.717, 1.165) is 24.1 Å². The van der Waals surface area contributed by atoms with Gasteiger partial charge in [-0.2, -0.15) is 0 Å². The van der Waals surface area contributed by atoms with Crippen LogP contribution in [0.2, 0.25) is 0 Å². The van der Waals surface area contributed by atoms with Gasteiger partial charge in [-0.1, -0.05) is 48.5 Å². The Bertz CT molecular complexity index is 969. The molecule has 6 nitrogen and oxygen atoms in total. The maximum Gasteiger partial charge on any atom is 0.321 e. The van der Waals surface area contributed by atoms with Crippen molar-refractivity contribution in [2.75, 3.05) is 13.2 Å². The Morgan fingerprint density at radius 1 is 1.17 bits per heavy atom. The third kappa shape index (κ3) is 3.75. The molecule has 0 saturated carbocycles. The molecule has 2 aromatic carbocycles. The highest BCUT2D eigenvalue weighted by Crippen LogP contribution is 2.33. The monoisotopic (exact) mass is 391 g/mol. The van der Waals surface area contributed by atoms with E-state index in [9.17, 15) is 9.59 Å². The summed E-state index contributed by atoms with van der Waals surface area (Å²) in [5.74, 6) is -1.36. The summed E-state index contributed by atoms with van der Waals surface area (Å²) in [6.07, 6.45) is 0.890. The Kier molecular flexibility index (Phi) is 5.34. The molecule has 0 radical (unpaired) electrons. The second kappa shape index (κ2) is 8.07. The SMILES string of the molecule is CCOC(=O)C1C(=O)NC(N2CCc3ccccc3C2)=NC1c1ccccc1C. The number of guanidine groups is 1. The van der Waals surface area contributed by atoms with Gasteiger partial charge in [0.05, 0.1) is 6.61 Å². The first kappa shape index (κ1) is 19.2. The number of benzene rings is 2. The number of ether oxygens (including phenoxy) is 1. The third-order valence-corrected chi connectivity index (χ3v) is 5.57. The fraction of sp³-hybridized carbons (Fsp3) is 0.348. The highest BCUT2D eigenvalue weighted by Gasteiger charge is 2.42. The smallest absolute Gasteiger partial charge is 0.321 e. The first-order chi connectivity index (χ1) is 14.1. The van der Waals surface area contributed by atoms with E-state index >= 15 is 0 Å². The van der Waals surface area contributed by atoms with E-state index in [1.54, 1.807) is 6.92 Å². The molecular weight excluding hydrogens is 366 g/mol. The number of fused-ring (bicyclic) bond motifs is 1. The minimum Gasteiger partial charge on any atom is -0.465 e. The molecular formula is C23H25N3O3. The zero-order valence-electron chi connectivity index (χ0n) is 16.7. The van der Waals surface area contributed by atoms with Gasteiger partial charge < -0.3 is 9.64 Å². The number of carbonyl (C=O) groups is 2. The molecule has 1 N–H and O–H groups in total. The quantitative estimate of drug-likeness (QED) is 0.645. The van der Waals surface area contributed by atoms with Gasteiger partial charge in [-0.3, -0.25) is 14.9 Å². The molecule has 0 bridgehead atoms. The van der Waals surface area contributed by atoms with Crippen molar-refractivity contribution >= 4 is 17.8 Å². The van der Waals surface area contributed by atoms with E-state index in [2.05, 4.69) is 22.3 Å². The van der Waals surface area contributed by atoms with E-state index in [4.69, 9.17) is 9.73 Å². The van der Waals surface area contributed by atoms with Crippen LogP contribution < -0.4 is 5.32 Å². The van der Waals surface area contributed by atoms with Gasteiger partial charge in [0.2, 0.25) is 11.9 Å². The molecule has 150 valence electrons. The van der Waals surface area contributed by atoms with Crippen LogP contribution in [0.5, 0.6) is 0 Å². The maximum absolute atomic E-state index is 13.0. The number of carbonyl (C=O) groups excluding carboxylic acids is 2. The number of aryl methyl sites for hydroxylation is 1. The lowest BCUT2D eigenvalue weighted by Gasteiger charge is -2.36. The highest BCUT2D eigenvalue weighted by atomic mass is 16.5. The molecule has 2 unspecified atom stereocenters. The standard InChI is InChI=1S/C23H25N3O3/c1-3-29-22(28)19-20(18-11-7-4-8-15(18)2)24-23(25-21(19)27)26-13-12-16-9-5-6-10-17(16)14-26/h4-11,19-20H,3,12-14H2,1-2H3,(H,24,25,27). The average molecular weight is 391 g/mol. The summed E-state index contributed by atoms with van der Waals surface area (Å²) in [5, 5.41) is 2.86. The molecule has 2 aliphatic rings. The van der Waals surface area contributed by atoms with Crippen molar-refractivity contribution in [1.82, 2.24) is 10.2 Å². The molecule has 29 heavy (non-hydrogen) atoms. The fourth-order valence-electron chi connectivity index (χ4n) is 4.04. The van der Waals surface area contributed by atoms with Crippen LogP contribution in [0, 0.1) is 12.8 Å². The van der Waals surface area contributed by atoms with Crippen LogP contribution in [0.4, 0.5) is 0 Å². The minimum atomic E-state index is -0.989. The second-order valence-electron chi connectivity index (χ2n) is 7.41. The number of rotatable bonds is 3. The van der Waals surface area contributed by atoms with Crippen LogP contribution in [0.1, 0.15) is 35.2 Å². The van der Waals surface area contributed by atoms with Crippen molar-refractivity contribution in [1.29, 1.82) is 0 Å². The summed E-state index contributed by atoms with van der Waals surface area (Å²) in [6, 6.07) is 15.5. The Hall–Kier alpha value is -3.15. The molecule has 0 saturated heterocycles. The summed E-state index contributed by atoms with van der Waals surface area (Å²) in [5.41, 5.74) is 4.42. The molecule has 4 rings (SSSR count). The van der Waals surface area contributed by atoms with Gasteiger partial charge in [0.25, 0.3) is 0 Å². The van der Waals surface area contributed by atoms with Crippen LogP contribution in [0.25, 0.3) is 0 Å². The Labute approximate surface area is 170 Å². The van der Waals surface area contributed by atoms with Crippen LogP contribution in [-0.2, 0) is 27.3 Å². The van der Waals surface area contributed by atoms with E-state index in [1.165, 1.54) is 11.1 Å². The van der Waals surface area contributed by atoms with Crippen molar-refractivity contribution < 1.29 is 14.3 Å². The predicted octanol–water partition coefficient (Wildman–Crippen LogP) is 2.76. The van der Waals surface area contributed by atoms with E-state index in [0.29, 0.717) is 12.5 Å². The van der Waals surface area contributed by atoms with Gasteiger partial charge in [-0.05, 0) is 42.5 Å². The normalized spacial score (nSPS) is 21.1. The lowest BCUT2D eigenvalue weighted by molar-refractivity contribution is -0.153. The predicted molar refractivity (Wildman–Crippen MR) is 110 cm³/mol. The van der Waals surface area contributed by atoms with Gasteiger partial charge in [0.1, 0.15) is 6.04 Å². The van der Waals surface area contributed by atoms with Crippen molar-refractivity contribution in [3.8, 4) is 0 Å². The number of nitrogens with one attached hydrogen (secondary N) is 1. The Morgan fingerprint density at radius 3 is 2.66 bits per heavy atom. The van der Waals surface area contributed by atoms with Gasteiger partial charge in [0, 0.05) is 13.1 Å². The molecule has 2 heterocycles. The van der Waals surface area contributed by atoms with E-state index in [-0.39, 0.29) is 12.5 Å². The minimum absolute atomic E-state index is 0.225. The molecule has 1 amide bonds. The van der Waals surface area contributed by atoms with Gasteiger partial charge in [-0.15, -0.1) is 0 Å². The first-order valence-corrected chi connectivity index (χ1v) is 10.0. The van der Waals surface area contributed by atoms with Crippen molar-refractivity contribution in [2.45, 2.75) is 32.9 Å². The van der Waals surface area contributed by atoms with Crippen molar-refractivity contribution in [3.63, 3.8) is 0 Å². The fourth-order valence-corrected chi connectivity index (χ4v) is 4.04. The highest BCUT2D eigenvalue weighted by molar-refractivity contribution is 6.08. The van der Waals surface area contributed by atoms with Gasteiger partial charge >= 0.3 is 5.97 Å². The number of amides is 1.